The highest BCUT2D eigenvalue weighted by molar-refractivity contribution is 5.91. The van der Waals surface area contributed by atoms with Crippen LogP contribution < -0.4 is 14.2 Å². The molecule has 7 heteroatoms. The minimum Gasteiger partial charge on any atom is -0.493 e. The molecule has 7 nitrogen and oxygen atoms in total. The Labute approximate surface area is 209 Å². The molecule has 1 saturated heterocycles. The van der Waals surface area contributed by atoms with E-state index in [9.17, 15) is 14.7 Å². The van der Waals surface area contributed by atoms with Gasteiger partial charge in [-0.1, -0.05) is 32.1 Å². The molecule has 0 spiro atoms. The Morgan fingerprint density at radius 3 is 2.03 bits per heavy atom. The summed E-state index contributed by atoms with van der Waals surface area (Å²) in [5.74, 6) is 0.431. The molecule has 0 radical (unpaired) electrons. The summed E-state index contributed by atoms with van der Waals surface area (Å²) in [5, 5.41) is 10.6. The zero-order chi connectivity index (χ0) is 25.0. The number of nitrogens with zero attached hydrogens (tertiary/aromatic N) is 1. The molecule has 3 fully saturated rings. The van der Waals surface area contributed by atoms with Gasteiger partial charge in [-0.15, -0.1) is 0 Å². The lowest BCUT2D eigenvalue weighted by molar-refractivity contribution is -0.169. The van der Waals surface area contributed by atoms with Gasteiger partial charge in [0, 0.05) is 6.54 Å². The van der Waals surface area contributed by atoms with Crippen molar-refractivity contribution in [3.63, 3.8) is 0 Å². The number of rotatable bonds is 8. The van der Waals surface area contributed by atoms with Crippen LogP contribution in [0, 0.1) is 11.8 Å². The summed E-state index contributed by atoms with van der Waals surface area (Å²) in [4.78, 5) is 29.3. The molecule has 35 heavy (non-hydrogen) atoms. The molecule has 1 aromatic rings. The average molecular weight is 488 g/mol. The Hall–Kier alpha value is -2.44. The van der Waals surface area contributed by atoms with Crippen molar-refractivity contribution < 1.29 is 28.9 Å². The van der Waals surface area contributed by atoms with Crippen LogP contribution >= 0.6 is 0 Å². The number of likely N-dealkylation sites (tertiary alicyclic amines) is 1. The molecule has 1 aliphatic heterocycles. The van der Waals surface area contributed by atoms with Crippen LogP contribution in [0.2, 0.25) is 0 Å². The van der Waals surface area contributed by atoms with E-state index in [1.807, 2.05) is 12.1 Å². The Bertz CT molecular complexity index is 880. The molecule has 4 rings (SSSR count). The fraction of sp³-hybridized carbons (Fsp3) is 0.714. The van der Waals surface area contributed by atoms with E-state index < -0.39 is 17.4 Å². The highest BCUT2D eigenvalue weighted by Gasteiger charge is 2.55. The maximum atomic E-state index is 14.6. The Morgan fingerprint density at radius 1 is 0.886 bits per heavy atom. The summed E-state index contributed by atoms with van der Waals surface area (Å²) in [5.41, 5.74) is -0.271. The van der Waals surface area contributed by atoms with Crippen molar-refractivity contribution in [1.29, 1.82) is 0 Å². The first-order valence-electron chi connectivity index (χ1n) is 13.3. The number of ether oxygens (including phenoxy) is 3. The van der Waals surface area contributed by atoms with Crippen molar-refractivity contribution in [1.82, 2.24) is 4.90 Å². The number of methoxy groups -OCH3 is 3. The first-order chi connectivity index (χ1) is 17.0. The molecule has 2 unspecified atom stereocenters. The van der Waals surface area contributed by atoms with Crippen molar-refractivity contribution in [2.24, 2.45) is 11.8 Å². The molecule has 1 N–H and O–H groups in total. The van der Waals surface area contributed by atoms with Crippen LogP contribution in [-0.2, 0) is 9.59 Å². The fourth-order valence-corrected chi connectivity index (χ4v) is 7.06. The highest BCUT2D eigenvalue weighted by Crippen LogP contribution is 2.48. The van der Waals surface area contributed by atoms with E-state index >= 15 is 0 Å². The molecule has 2 aliphatic carbocycles. The van der Waals surface area contributed by atoms with Gasteiger partial charge in [-0.3, -0.25) is 4.79 Å². The molecule has 1 heterocycles. The van der Waals surface area contributed by atoms with Crippen molar-refractivity contribution in [3.05, 3.63) is 17.7 Å². The summed E-state index contributed by atoms with van der Waals surface area (Å²) >= 11 is 0. The predicted octanol–water partition coefficient (Wildman–Crippen LogP) is 5.40. The van der Waals surface area contributed by atoms with Gasteiger partial charge >= 0.3 is 5.97 Å². The topological polar surface area (TPSA) is 85.3 Å². The van der Waals surface area contributed by atoms with E-state index in [2.05, 4.69) is 0 Å². The van der Waals surface area contributed by atoms with E-state index in [0.717, 1.165) is 69.8 Å². The number of piperidine rings is 1. The second kappa shape index (κ2) is 11.1. The number of carboxylic acid groups (broad SMARTS) is 1. The normalized spacial score (nSPS) is 24.7. The molecular weight excluding hydrogens is 446 g/mol. The third-order valence-electron chi connectivity index (χ3n) is 8.77. The first-order valence-corrected chi connectivity index (χ1v) is 13.3. The van der Waals surface area contributed by atoms with E-state index in [4.69, 9.17) is 14.2 Å². The number of carbonyl (C=O) groups excluding carboxylic acids is 1. The lowest BCUT2D eigenvalue weighted by atomic mass is 9.71. The van der Waals surface area contributed by atoms with E-state index in [1.165, 1.54) is 6.42 Å². The number of amides is 1. The maximum absolute atomic E-state index is 14.6. The summed E-state index contributed by atoms with van der Waals surface area (Å²) in [6, 6.07) is 3.78. The Morgan fingerprint density at radius 2 is 1.49 bits per heavy atom. The monoisotopic (exact) mass is 487 g/mol. The number of aliphatic carboxylic acids is 1. The molecule has 194 valence electrons. The van der Waals surface area contributed by atoms with Gasteiger partial charge in [0.15, 0.2) is 11.5 Å². The van der Waals surface area contributed by atoms with Gasteiger partial charge in [0.25, 0.3) is 0 Å². The maximum Gasteiger partial charge on any atom is 0.329 e. The SMILES string of the molecule is COc1cc(C(C(=O)N2CCCCC2(C(=O)O)C2CCCC2)C2CCCCC2)cc(OC)c1OC. The molecule has 3 aliphatic rings. The molecule has 1 amide bonds. The molecule has 2 saturated carbocycles. The van der Waals surface area contributed by atoms with Crippen molar-refractivity contribution >= 4 is 11.9 Å². The standard InChI is InChI=1S/C28H41NO6/c1-33-22-17-20(18-23(34-2)25(22)35-3)24(19-11-5-4-6-12-19)26(30)29-16-10-9-15-28(29,27(31)32)21-13-7-8-14-21/h17-19,21,24H,4-16H2,1-3H3,(H,31,32). The lowest BCUT2D eigenvalue weighted by Gasteiger charge is -2.49. The summed E-state index contributed by atoms with van der Waals surface area (Å²) in [7, 11) is 4.73. The Balaban J connectivity index is 1.81. The smallest absolute Gasteiger partial charge is 0.329 e. The number of benzene rings is 1. The summed E-state index contributed by atoms with van der Waals surface area (Å²) < 4.78 is 16.8. The first kappa shape index (κ1) is 25.6. The second-order valence-corrected chi connectivity index (χ2v) is 10.5. The third kappa shape index (κ3) is 4.70. The van der Waals surface area contributed by atoms with Crippen molar-refractivity contribution in [2.75, 3.05) is 27.9 Å². The van der Waals surface area contributed by atoms with Crippen LogP contribution in [0.25, 0.3) is 0 Å². The molecule has 0 bridgehead atoms. The van der Waals surface area contributed by atoms with Gasteiger partial charge in [0.2, 0.25) is 11.7 Å². The predicted molar refractivity (Wildman–Crippen MR) is 133 cm³/mol. The summed E-state index contributed by atoms with van der Waals surface area (Å²) in [6.45, 7) is 0.509. The molecule has 0 aromatic heterocycles. The van der Waals surface area contributed by atoms with Crippen LogP contribution in [0.3, 0.4) is 0 Å². The van der Waals surface area contributed by atoms with Gasteiger partial charge in [0.05, 0.1) is 27.2 Å². The van der Waals surface area contributed by atoms with Crippen LogP contribution in [0.15, 0.2) is 12.1 Å². The Kier molecular flexibility index (Phi) is 8.12. The van der Waals surface area contributed by atoms with Gasteiger partial charge in [-0.05, 0) is 74.5 Å². The van der Waals surface area contributed by atoms with Crippen LogP contribution in [-0.4, -0.2) is 55.3 Å². The number of carboxylic acids is 1. The van der Waals surface area contributed by atoms with Gasteiger partial charge < -0.3 is 24.2 Å². The zero-order valence-electron chi connectivity index (χ0n) is 21.5. The molecular formula is C28H41NO6. The van der Waals surface area contributed by atoms with E-state index in [1.54, 1.807) is 26.2 Å². The number of hydrogen-bond donors (Lipinski definition) is 1. The third-order valence-corrected chi connectivity index (χ3v) is 8.77. The zero-order valence-corrected chi connectivity index (χ0v) is 21.5. The van der Waals surface area contributed by atoms with Crippen molar-refractivity contribution in [3.8, 4) is 17.2 Å². The highest BCUT2D eigenvalue weighted by atomic mass is 16.5. The van der Waals surface area contributed by atoms with Crippen LogP contribution in [0.4, 0.5) is 0 Å². The largest absolute Gasteiger partial charge is 0.493 e. The molecule has 1 aromatic carbocycles. The fourth-order valence-electron chi connectivity index (χ4n) is 7.06. The van der Waals surface area contributed by atoms with Crippen LogP contribution in [0.5, 0.6) is 17.2 Å². The van der Waals surface area contributed by atoms with E-state index in [0.29, 0.717) is 30.2 Å². The number of hydrogen-bond acceptors (Lipinski definition) is 5. The van der Waals surface area contributed by atoms with E-state index in [-0.39, 0.29) is 17.7 Å². The average Bonchev–Trinajstić information content (AvgIpc) is 3.44. The van der Waals surface area contributed by atoms with Gasteiger partial charge in [-0.25, -0.2) is 4.79 Å². The second-order valence-electron chi connectivity index (χ2n) is 10.5. The minimum atomic E-state index is -1.10. The van der Waals surface area contributed by atoms with Gasteiger partial charge in [-0.2, -0.15) is 0 Å². The minimum absolute atomic E-state index is 0.0243. The summed E-state index contributed by atoms with van der Waals surface area (Å²) in [6.07, 6.45) is 11.4. The number of carbonyl (C=O) groups is 2. The molecule has 2 atom stereocenters. The van der Waals surface area contributed by atoms with Crippen molar-refractivity contribution in [2.45, 2.75) is 88.5 Å². The van der Waals surface area contributed by atoms with Crippen LogP contribution in [0.1, 0.15) is 88.5 Å². The lowest BCUT2D eigenvalue weighted by Crippen LogP contribution is -2.64. The van der Waals surface area contributed by atoms with Gasteiger partial charge in [0.1, 0.15) is 5.54 Å². The quantitative estimate of drug-likeness (QED) is 0.528.